The van der Waals surface area contributed by atoms with Crippen molar-refractivity contribution in [2.45, 2.75) is 43.9 Å². The first-order valence-electron chi connectivity index (χ1n) is 7.30. The van der Waals surface area contributed by atoms with Crippen molar-refractivity contribution >= 4 is 23.4 Å². The second-order valence-electron chi connectivity index (χ2n) is 5.27. The highest BCUT2D eigenvalue weighted by molar-refractivity contribution is 7.98. The Hall–Kier alpha value is -1.01. The number of hydrogen-bond acceptors (Lipinski definition) is 6. The van der Waals surface area contributed by atoms with Gasteiger partial charge in [0.15, 0.2) is 5.16 Å². The van der Waals surface area contributed by atoms with Gasteiger partial charge in [0.2, 0.25) is 0 Å². The van der Waals surface area contributed by atoms with Crippen molar-refractivity contribution in [3.63, 3.8) is 0 Å². The van der Waals surface area contributed by atoms with Crippen molar-refractivity contribution in [1.82, 2.24) is 9.97 Å². The molecule has 2 unspecified atom stereocenters. The average Bonchev–Trinajstić information content (AvgIpc) is 2.88. The lowest BCUT2D eigenvalue weighted by Crippen LogP contribution is -2.14. The van der Waals surface area contributed by atoms with Crippen molar-refractivity contribution in [1.29, 1.82) is 0 Å². The third-order valence-corrected chi connectivity index (χ3v) is 4.08. The van der Waals surface area contributed by atoms with Crippen LogP contribution >= 0.6 is 11.8 Å². The average molecular weight is 296 g/mol. The number of anilines is 2. The number of nitrogens with one attached hydrogen (secondary N) is 2. The third kappa shape index (κ3) is 4.52. The quantitative estimate of drug-likeness (QED) is 0.531. The number of thioether (sulfide) groups is 1. The number of nitrogens with zero attached hydrogens (tertiary/aromatic N) is 2. The summed E-state index contributed by atoms with van der Waals surface area (Å²) >= 11 is 1.55. The number of aliphatic hydroxyl groups excluding tert-OH is 1. The smallest absolute Gasteiger partial charge is 0.191 e. The second-order valence-corrected chi connectivity index (χ2v) is 6.04. The fourth-order valence-corrected chi connectivity index (χ4v) is 2.81. The van der Waals surface area contributed by atoms with E-state index in [9.17, 15) is 5.11 Å². The molecule has 2 rings (SSSR count). The number of aliphatic hydroxyl groups is 1. The fourth-order valence-electron chi connectivity index (χ4n) is 2.43. The van der Waals surface area contributed by atoms with Crippen LogP contribution in [0.25, 0.3) is 0 Å². The van der Waals surface area contributed by atoms with Gasteiger partial charge in [0.05, 0.1) is 6.10 Å². The summed E-state index contributed by atoms with van der Waals surface area (Å²) in [5.74, 6) is 2.29. The molecule has 0 saturated heterocycles. The summed E-state index contributed by atoms with van der Waals surface area (Å²) in [5, 5.41) is 17.0. The van der Waals surface area contributed by atoms with Crippen LogP contribution in [-0.2, 0) is 0 Å². The molecular formula is C14H24N4OS. The maximum atomic E-state index is 9.55. The normalized spacial score (nSPS) is 21.9. The van der Waals surface area contributed by atoms with Crippen LogP contribution < -0.4 is 10.6 Å². The molecule has 112 valence electrons. The predicted octanol–water partition coefficient (Wildman–Crippen LogP) is 2.59. The molecule has 0 radical (unpaired) electrons. The molecule has 1 aromatic heterocycles. The summed E-state index contributed by atoms with van der Waals surface area (Å²) in [5.41, 5.74) is 0. The van der Waals surface area contributed by atoms with Crippen LogP contribution in [0.15, 0.2) is 11.2 Å². The van der Waals surface area contributed by atoms with E-state index in [0.717, 1.165) is 55.6 Å². The topological polar surface area (TPSA) is 70.1 Å². The van der Waals surface area contributed by atoms with Gasteiger partial charge in [-0.1, -0.05) is 18.7 Å². The van der Waals surface area contributed by atoms with E-state index in [-0.39, 0.29) is 6.10 Å². The maximum Gasteiger partial charge on any atom is 0.191 e. The lowest BCUT2D eigenvalue weighted by atomic mass is 10.1. The molecule has 1 heterocycles. The van der Waals surface area contributed by atoms with Gasteiger partial charge in [-0.3, -0.25) is 0 Å². The molecule has 0 aromatic carbocycles. The van der Waals surface area contributed by atoms with Gasteiger partial charge >= 0.3 is 0 Å². The molecule has 0 aliphatic heterocycles. The Balaban J connectivity index is 1.95. The van der Waals surface area contributed by atoms with Gasteiger partial charge in [-0.2, -0.15) is 0 Å². The molecule has 1 aromatic rings. The molecule has 20 heavy (non-hydrogen) atoms. The molecule has 1 aliphatic rings. The van der Waals surface area contributed by atoms with Gasteiger partial charge in [0, 0.05) is 19.2 Å². The standard InChI is InChI=1S/C14H24N4OS/c1-3-6-15-12-8-13(18-14(17-12)20-2)16-9-10-4-5-11(19)7-10/h8,10-11,19H,3-7,9H2,1-2H3,(H2,15,16,17,18). The Morgan fingerprint density at radius 1 is 1.30 bits per heavy atom. The molecule has 1 aliphatic carbocycles. The highest BCUT2D eigenvalue weighted by atomic mass is 32.2. The Kier molecular flexibility index (Phi) is 5.91. The minimum absolute atomic E-state index is 0.115. The summed E-state index contributed by atoms with van der Waals surface area (Å²) in [6.45, 7) is 3.92. The van der Waals surface area contributed by atoms with Gasteiger partial charge < -0.3 is 15.7 Å². The van der Waals surface area contributed by atoms with Crippen molar-refractivity contribution < 1.29 is 5.11 Å². The summed E-state index contributed by atoms with van der Waals surface area (Å²) in [7, 11) is 0. The summed E-state index contributed by atoms with van der Waals surface area (Å²) in [6.07, 6.45) is 5.85. The Labute approximate surface area is 125 Å². The first-order chi connectivity index (χ1) is 9.71. The van der Waals surface area contributed by atoms with Crippen molar-refractivity contribution in [3.8, 4) is 0 Å². The van der Waals surface area contributed by atoms with Gasteiger partial charge in [0.1, 0.15) is 11.6 Å². The van der Waals surface area contributed by atoms with Crippen LogP contribution in [0.5, 0.6) is 0 Å². The van der Waals surface area contributed by atoms with Crippen molar-refractivity contribution in [2.24, 2.45) is 5.92 Å². The second kappa shape index (κ2) is 7.69. The van der Waals surface area contributed by atoms with Gasteiger partial charge in [-0.25, -0.2) is 9.97 Å². The van der Waals surface area contributed by atoms with Crippen LogP contribution in [-0.4, -0.2) is 40.5 Å². The van der Waals surface area contributed by atoms with E-state index in [2.05, 4.69) is 27.5 Å². The number of aromatic nitrogens is 2. The zero-order chi connectivity index (χ0) is 14.4. The van der Waals surface area contributed by atoms with Crippen LogP contribution in [0.4, 0.5) is 11.6 Å². The van der Waals surface area contributed by atoms with Crippen molar-refractivity contribution in [2.75, 3.05) is 30.0 Å². The van der Waals surface area contributed by atoms with E-state index >= 15 is 0 Å². The van der Waals surface area contributed by atoms with E-state index in [1.807, 2.05) is 12.3 Å². The molecule has 0 spiro atoms. The molecule has 1 saturated carbocycles. The minimum Gasteiger partial charge on any atom is -0.393 e. The lowest BCUT2D eigenvalue weighted by Gasteiger charge is -2.13. The van der Waals surface area contributed by atoms with E-state index < -0.39 is 0 Å². The number of hydrogen-bond donors (Lipinski definition) is 3. The molecular weight excluding hydrogens is 272 g/mol. The first kappa shape index (κ1) is 15.4. The predicted molar refractivity (Wildman–Crippen MR) is 84.4 cm³/mol. The zero-order valence-corrected chi connectivity index (χ0v) is 13.0. The molecule has 2 atom stereocenters. The van der Waals surface area contributed by atoms with Crippen LogP contribution in [0.3, 0.4) is 0 Å². The highest BCUT2D eigenvalue weighted by Crippen LogP contribution is 2.26. The molecule has 3 N–H and O–H groups in total. The SMILES string of the molecule is CCCNc1cc(NCC2CCC(O)C2)nc(SC)n1. The Morgan fingerprint density at radius 3 is 2.65 bits per heavy atom. The summed E-state index contributed by atoms with van der Waals surface area (Å²) < 4.78 is 0. The van der Waals surface area contributed by atoms with E-state index in [0.29, 0.717) is 5.92 Å². The van der Waals surface area contributed by atoms with Gasteiger partial charge in [-0.05, 0) is 37.9 Å². The Bertz CT molecular complexity index is 430. The van der Waals surface area contributed by atoms with Crippen LogP contribution in [0, 0.1) is 5.92 Å². The van der Waals surface area contributed by atoms with Gasteiger partial charge in [-0.15, -0.1) is 0 Å². The van der Waals surface area contributed by atoms with E-state index in [4.69, 9.17) is 0 Å². The first-order valence-corrected chi connectivity index (χ1v) is 8.52. The monoisotopic (exact) mass is 296 g/mol. The maximum absolute atomic E-state index is 9.55. The summed E-state index contributed by atoms with van der Waals surface area (Å²) in [6, 6.07) is 1.96. The van der Waals surface area contributed by atoms with E-state index in [1.54, 1.807) is 11.8 Å². The third-order valence-electron chi connectivity index (χ3n) is 3.53. The number of rotatable bonds is 7. The lowest BCUT2D eigenvalue weighted by molar-refractivity contribution is 0.178. The molecule has 5 nitrogen and oxygen atoms in total. The van der Waals surface area contributed by atoms with Crippen LogP contribution in [0.2, 0.25) is 0 Å². The highest BCUT2D eigenvalue weighted by Gasteiger charge is 2.22. The molecule has 1 fully saturated rings. The van der Waals surface area contributed by atoms with Crippen LogP contribution in [0.1, 0.15) is 32.6 Å². The zero-order valence-electron chi connectivity index (χ0n) is 12.2. The van der Waals surface area contributed by atoms with E-state index in [1.165, 1.54) is 0 Å². The minimum atomic E-state index is -0.115. The largest absolute Gasteiger partial charge is 0.393 e. The molecule has 0 bridgehead atoms. The molecule has 6 heteroatoms. The summed E-state index contributed by atoms with van der Waals surface area (Å²) in [4.78, 5) is 8.92. The fraction of sp³-hybridized carbons (Fsp3) is 0.714. The van der Waals surface area contributed by atoms with Gasteiger partial charge in [0.25, 0.3) is 0 Å². The van der Waals surface area contributed by atoms with Crippen molar-refractivity contribution in [3.05, 3.63) is 6.07 Å². The molecule has 0 amide bonds. The Morgan fingerprint density at radius 2 is 2.05 bits per heavy atom.